The lowest BCUT2D eigenvalue weighted by atomic mass is 10.1. The number of aldehydes is 1. The summed E-state index contributed by atoms with van der Waals surface area (Å²) in [7, 11) is 0. The van der Waals surface area contributed by atoms with Gasteiger partial charge in [-0.15, -0.1) is 0 Å². The van der Waals surface area contributed by atoms with E-state index in [1.807, 2.05) is 6.07 Å². The Morgan fingerprint density at radius 3 is 2.03 bits per heavy atom. The van der Waals surface area contributed by atoms with E-state index in [1.165, 1.54) is 24.3 Å². The molecule has 2 aromatic rings. The van der Waals surface area contributed by atoms with Crippen LogP contribution in [-0.2, 0) is 27.5 Å². The average Bonchev–Trinajstić information content (AvgIpc) is 2.81. The van der Waals surface area contributed by atoms with Gasteiger partial charge in [-0.05, 0) is 49.1 Å². The molecule has 0 bridgehead atoms. The van der Waals surface area contributed by atoms with Crippen molar-refractivity contribution in [2.45, 2.75) is 38.5 Å². The van der Waals surface area contributed by atoms with Crippen molar-refractivity contribution in [3.63, 3.8) is 0 Å². The highest BCUT2D eigenvalue weighted by atomic mass is 16.6. The van der Waals surface area contributed by atoms with Crippen LogP contribution < -0.4 is 5.73 Å². The van der Waals surface area contributed by atoms with Crippen LogP contribution in [0.25, 0.3) is 0 Å². The number of nitrogens with zero attached hydrogens (tertiary/aromatic N) is 2. The molecule has 10 nitrogen and oxygen atoms in total. The van der Waals surface area contributed by atoms with Crippen LogP contribution in [-0.4, -0.2) is 40.9 Å². The highest BCUT2D eigenvalue weighted by Crippen LogP contribution is 2.16. The van der Waals surface area contributed by atoms with Crippen molar-refractivity contribution in [2.24, 2.45) is 5.73 Å². The lowest BCUT2D eigenvalue weighted by Gasteiger charge is -2.25. The van der Waals surface area contributed by atoms with E-state index in [4.69, 9.17) is 15.2 Å². The van der Waals surface area contributed by atoms with Crippen LogP contribution in [0.5, 0.6) is 0 Å². The molecule has 0 aliphatic carbocycles. The molecule has 2 N–H and O–H groups in total. The Kier molecular flexibility index (Phi) is 9.79. The van der Waals surface area contributed by atoms with Gasteiger partial charge in [-0.1, -0.05) is 30.3 Å². The number of non-ortho nitro benzene ring substituents is 1. The predicted molar refractivity (Wildman–Crippen MR) is 115 cm³/mol. The van der Waals surface area contributed by atoms with E-state index >= 15 is 0 Å². The first-order valence-corrected chi connectivity index (χ1v) is 10.0. The zero-order valence-corrected chi connectivity index (χ0v) is 17.4. The quantitative estimate of drug-likeness (QED) is 0.240. The van der Waals surface area contributed by atoms with Crippen LogP contribution in [0.4, 0.5) is 15.3 Å². The number of carbonyl (C=O) groups is 3. The molecule has 1 atom stereocenters. The number of hydrogen-bond donors (Lipinski definition) is 1. The molecular formula is C22H25N3O7. The molecule has 0 aromatic heterocycles. The minimum atomic E-state index is -1.07. The number of nitrogens with two attached hydrogens (primary N) is 1. The van der Waals surface area contributed by atoms with Crippen molar-refractivity contribution in [2.75, 3.05) is 6.54 Å². The van der Waals surface area contributed by atoms with E-state index in [2.05, 4.69) is 0 Å². The van der Waals surface area contributed by atoms with Gasteiger partial charge in [0.1, 0.15) is 25.5 Å². The maximum absolute atomic E-state index is 12.7. The third-order valence-corrected chi connectivity index (χ3v) is 4.55. The summed E-state index contributed by atoms with van der Waals surface area (Å²) < 4.78 is 10.4. The fraction of sp³-hybridized carbons (Fsp3) is 0.318. The van der Waals surface area contributed by atoms with Crippen LogP contribution in [0, 0.1) is 10.1 Å². The van der Waals surface area contributed by atoms with Crippen LogP contribution in [0.2, 0.25) is 0 Å². The zero-order chi connectivity index (χ0) is 23.3. The van der Waals surface area contributed by atoms with Crippen molar-refractivity contribution >= 4 is 24.2 Å². The topological polar surface area (TPSA) is 142 Å². The minimum Gasteiger partial charge on any atom is -0.444 e. The monoisotopic (exact) mass is 443 g/mol. The second-order valence-corrected chi connectivity index (χ2v) is 6.88. The Morgan fingerprint density at radius 2 is 1.53 bits per heavy atom. The standard InChI is InChI=1S/C22H25N3O7/c23-13-5-4-8-20(14-26)24(21(27)31-15-17-6-2-1-3-7-17)22(28)32-16-18-9-11-19(12-10-18)25(29)30/h1-3,6-7,9-12,14,20H,4-5,8,13,15-16,23H2/t20-/m0/s1. The maximum atomic E-state index is 12.7. The van der Waals surface area contributed by atoms with Gasteiger partial charge in [0.25, 0.3) is 5.69 Å². The zero-order valence-electron chi connectivity index (χ0n) is 17.4. The van der Waals surface area contributed by atoms with Gasteiger partial charge in [0.2, 0.25) is 0 Å². The lowest BCUT2D eigenvalue weighted by Crippen LogP contribution is -2.46. The summed E-state index contributed by atoms with van der Waals surface area (Å²) in [5, 5.41) is 10.7. The first kappa shape index (κ1) is 24.5. The SMILES string of the molecule is NCCCC[C@@H](C=O)N(C(=O)OCc1ccccc1)C(=O)OCc1ccc([N+](=O)[O-])cc1. The summed E-state index contributed by atoms with van der Waals surface area (Å²) in [6, 6.07) is 13.2. The number of benzene rings is 2. The van der Waals surface area contributed by atoms with Gasteiger partial charge in [0.15, 0.2) is 0 Å². The first-order valence-electron chi connectivity index (χ1n) is 10.0. The molecule has 32 heavy (non-hydrogen) atoms. The first-order chi connectivity index (χ1) is 15.5. The molecule has 0 heterocycles. The Labute approximate surface area is 185 Å². The molecular weight excluding hydrogens is 418 g/mol. The summed E-state index contributed by atoms with van der Waals surface area (Å²) in [6.07, 6.45) is -0.201. The fourth-order valence-electron chi connectivity index (χ4n) is 2.82. The van der Waals surface area contributed by atoms with Gasteiger partial charge < -0.3 is 20.0 Å². The fourth-order valence-corrected chi connectivity index (χ4v) is 2.82. The predicted octanol–water partition coefficient (Wildman–Crippen LogP) is 3.57. The molecule has 0 fully saturated rings. The number of ether oxygens (including phenoxy) is 2. The Balaban J connectivity index is 2.08. The number of nitro benzene ring substituents is 1. The Bertz CT molecular complexity index is 904. The summed E-state index contributed by atoms with van der Waals surface area (Å²) in [4.78, 5) is 47.9. The number of imide groups is 1. The van der Waals surface area contributed by atoms with Gasteiger partial charge >= 0.3 is 12.2 Å². The maximum Gasteiger partial charge on any atom is 0.420 e. The Morgan fingerprint density at radius 1 is 0.969 bits per heavy atom. The van der Waals surface area contributed by atoms with Crippen molar-refractivity contribution < 1.29 is 28.8 Å². The molecule has 0 aliphatic heterocycles. The molecule has 170 valence electrons. The normalized spacial score (nSPS) is 11.3. The number of unbranched alkanes of at least 4 members (excludes halogenated alkanes) is 1. The van der Waals surface area contributed by atoms with Crippen LogP contribution in [0.1, 0.15) is 30.4 Å². The number of nitro groups is 1. The number of amides is 2. The van der Waals surface area contributed by atoms with E-state index in [9.17, 15) is 24.5 Å². The lowest BCUT2D eigenvalue weighted by molar-refractivity contribution is -0.384. The highest BCUT2D eigenvalue weighted by Gasteiger charge is 2.32. The minimum absolute atomic E-state index is 0.0832. The molecule has 10 heteroatoms. The summed E-state index contributed by atoms with van der Waals surface area (Å²) in [5.74, 6) is 0. The summed E-state index contributed by atoms with van der Waals surface area (Å²) >= 11 is 0. The van der Waals surface area contributed by atoms with Crippen molar-refractivity contribution in [1.29, 1.82) is 0 Å². The summed E-state index contributed by atoms with van der Waals surface area (Å²) in [5.41, 5.74) is 6.57. The molecule has 0 saturated heterocycles. The molecule has 0 spiro atoms. The molecule has 0 aliphatic rings. The van der Waals surface area contributed by atoms with Crippen molar-refractivity contribution in [3.8, 4) is 0 Å². The number of hydrogen-bond acceptors (Lipinski definition) is 8. The third-order valence-electron chi connectivity index (χ3n) is 4.55. The highest BCUT2D eigenvalue weighted by molar-refractivity contribution is 5.91. The molecule has 2 rings (SSSR count). The van der Waals surface area contributed by atoms with E-state index in [0.29, 0.717) is 41.7 Å². The van der Waals surface area contributed by atoms with E-state index in [1.54, 1.807) is 24.3 Å². The van der Waals surface area contributed by atoms with Gasteiger partial charge in [0.05, 0.1) is 4.92 Å². The van der Waals surface area contributed by atoms with Gasteiger partial charge in [-0.2, -0.15) is 0 Å². The van der Waals surface area contributed by atoms with Gasteiger partial charge in [-0.3, -0.25) is 10.1 Å². The second-order valence-electron chi connectivity index (χ2n) is 6.88. The van der Waals surface area contributed by atoms with Gasteiger partial charge in [-0.25, -0.2) is 14.5 Å². The van der Waals surface area contributed by atoms with Crippen molar-refractivity contribution in [1.82, 2.24) is 4.90 Å². The van der Waals surface area contributed by atoms with Crippen molar-refractivity contribution in [3.05, 3.63) is 75.8 Å². The largest absolute Gasteiger partial charge is 0.444 e. The van der Waals surface area contributed by atoms with Gasteiger partial charge in [0, 0.05) is 12.1 Å². The molecule has 0 unspecified atom stereocenters. The van der Waals surface area contributed by atoms with E-state index in [-0.39, 0.29) is 25.3 Å². The number of rotatable bonds is 11. The molecule has 2 aromatic carbocycles. The van der Waals surface area contributed by atoms with Crippen LogP contribution in [0.15, 0.2) is 54.6 Å². The average molecular weight is 443 g/mol. The smallest absolute Gasteiger partial charge is 0.420 e. The molecule has 2 amide bonds. The number of carbonyl (C=O) groups excluding carboxylic acids is 3. The second kappa shape index (κ2) is 12.8. The van der Waals surface area contributed by atoms with E-state index < -0.39 is 23.2 Å². The van der Waals surface area contributed by atoms with Crippen LogP contribution in [0.3, 0.4) is 0 Å². The van der Waals surface area contributed by atoms with E-state index in [0.717, 1.165) is 0 Å². The molecule has 0 saturated carbocycles. The third kappa shape index (κ3) is 7.47. The molecule has 0 radical (unpaired) electrons. The Hall–Kier alpha value is -3.79. The van der Waals surface area contributed by atoms with Crippen LogP contribution >= 0.6 is 0 Å². The summed E-state index contributed by atoms with van der Waals surface area (Å²) in [6.45, 7) is 0.0858.